The van der Waals surface area contributed by atoms with Gasteiger partial charge in [0.25, 0.3) is 0 Å². The van der Waals surface area contributed by atoms with Gasteiger partial charge in [0.05, 0.1) is 4.90 Å². The third-order valence-corrected chi connectivity index (χ3v) is 6.06. The predicted molar refractivity (Wildman–Crippen MR) is 80.8 cm³/mol. The molecule has 0 unspecified atom stereocenters. The van der Waals surface area contributed by atoms with Crippen LogP contribution in [0.3, 0.4) is 0 Å². The summed E-state index contributed by atoms with van der Waals surface area (Å²) in [7, 11) is -1.72. The Hall–Kier alpha value is -0.910. The Morgan fingerprint density at radius 1 is 1.30 bits per heavy atom. The Morgan fingerprint density at radius 3 is 2.55 bits per heavy atom. The first-order chi connectivity index (χ1) is 9.45. The Labute approximate surface area is 122 Å². The van der Waals surface area contributed by atoms with E-state index in [9.17, 15) is 8.42 Å². The smallest absolute Gasteiger partial charge is 0.242 e. The number of sulfonamides is 1. The van der Waals surface area contributed by atoms with Crippen LogP contribution in [0.15, 0.2) is 23.1 Å². The minimum absolute atomic E-state index is 0.351. The third kappa shape index (κ3) is 3.22. The van der Waals surface area contributed by atoms with E-state index < -0.39 is 10.0 Å². The zero-order valence-electron chi connectivity index (χ0n) is 12.3. The van der Waals surface area contributed by atoms with Crippen LogP contribution in [0.25, 0.3) is 0 Å². The molecule has 0 aromatic heterocycles. The Kier molecular flexibility index (Phi) is 4.83. The summed E-state index contributed by atoms with van der Waals surface area (Å²) in [5, 5.41) is 0. The van der Waals surface area contributed by atoms with Gasteiger partial charge in [-0.15, -0.1) is 0 Å². The fourth-order valence-electron chi connectivity index (χ4n) is 2.86. The highest BCUT2D eigenvalue weighted by atomic mass is 32.2. The van der Waals surface area contributed by atoms with Gasteiger partial charge in [-0.1, -0.05) is 18.9 Å². The van der Waals surface area contributed by atoms with Crippen LogP contribution in [0, 0.1) is 12.8 Å². The molecule has 4 nitrogen and oxygen atoms in total. The van der Waals surface area contributed by atoms with Gasteiger partial charge < -0.3 is 5.73 Å². The summed E-state index contributed by atoms with van der Waals surface area (Å²) < 4.78 is 26.7. The summed E-state index contributed by atoms with van der Waals surface area (Å²) in [4.78, 5) is 0.351. The van der Waals surface area contributed by atoms with Crippen LogP contribution in [0.2, 0.25) is 0 Å². The first-order valence-electron chi connectivity index (χ1n) is 7.21. The van der Waals surface area contributed by atoms with E-state index in [2.05, 4.69) is 0 Å². The van der Waals surface area contributed by atoms with Gasteiger partial charge in [-0.2, -0.15) is 0 Å². The molecule has 2 rings (SSSR count). The second-order valence-electron chi connectivity index (χ2n) is 5.73. The van der Waals surface area contributed by atoms with Crippen LogP contribution < -0.4 is 5.73 Å². The molecule has 20 heavy (non-hydrogen) atoms. The van der Waals surface area contributed by atoms with Crippen molar-refractivity contribution in [2.45, 2.75) is 44.0 Å². The molecule has 0 bridgehead atoms. The maximum atomic E-state index is 12.6. The normalized spacial score (nSPS) is 17.0. The van der Waals surface area contributed by atoms with Crippen molar-refractivity contribution in [1.29, 1.82) is 0 Å². The number of nitrogens with two attached hydrogens (primary N) is 1. The highest BCUT2D eigenvalue weighted by molar-refractivity contribution is 7.89. The lowest BCUT2D eigenvalue weighted by molar-refractivity contribution is 0.387. The minimum atomic E-state index is -3.40. The van der Waals surface area contributed by atoms with E-state index in [1.54, 1.807) is 19.2 Å². The van der Waals surface area contributed by atoms with Crippen molar-refractivity contribution >= 4 is 10.0 Å². The van der Waals surface area contributed by atoms with Crippen LogP contribution in [-0.4, -0.2) is 26.3 Å². The van der Waals surface area contributed by atoms with Crippen molar-refractivity contribution in [2.24, 2.45) is 11.7 Å². The molecule has 0 heterocycles. The van der Waals surface area contributed by atoms with Crippen LogP contribution >= 0.6 is 0 Å². The molecule has 1 fully saturated rings. The van der Waals surface area contributed by atoms with E-state index in [0.29, 0.717) is 23.9 Å². The molecule has 1 aromatic carbocycles. The summed E-state index contributed by atoms with van der Waals surface area (Å²) in [6, 6.07) is 5.21. The highest BCUT2D eigenvalue weighted by Gasteiger charge is 2.25. The molecule has 0 atom stereocenters. The molecule has 1 saturated carbocycles. The second-order valence-corrected chi connectivity index (χ2v) is 7.77. The van der Waals surface area contributed by atoms with Crippen molar-refractivity contribution in [3.8, 4) is 0 Å². The van der Waals surface area contributed by atoms with Crippen LogP contribution in [0.4, 0.5) is 0 Å². The molecule has 0 amide bonds. The van der Waals surface area contributed by atoms with Gasteiger partial charge in [-0.3, -0.25) is 0 Å². The van der Waals surface area contributed by atoms with Crippen molar-refractivity contribution < 1.29 is 8.42 Å². The lowest BCUT2D eigenvalue weighted by atomic mass is 10.1. The van der Waals surface area contributed by atoms with E-state index in [-0.39, 0.29) is 0 Å². The highest BCUT2D eigenvalue weighted by Crippen LogP contribution is 2.27. The lowest BCUT2D eigenvalue weighted by Gasteiger charge is -2.21. The van der Waals surface area contributed by atoms with E-state index in [4.69, 9.17) is 5.73 Å². The van der Waals surface area contributed by atoms with Gasteiger partial charge in [0.15, 0.2) is 0 Å². The molecule has 1 aromatic rings. The van der Waals surface area contributed by atoms with Crippen LogP contribution in [0.1, 0.15) is 36.8 Å². The lowest BCUT2D eigenvalue weighted by Crippen LogP contribution is -2.31. The number of rotatable bonds is 5. The van der Waals surface area contributed by atoms with Gasteiger partial charge in [-0.25, -0.2) is 12.7 Å². The molecule has 0 saturated heterocycles. The summed E-state index contributed by atoms with van der Waals surface area (Å²) in [5.74, 6) is 0.509. The van der Waals surface area contributed by atoms with Crippen molar-refractivity contribution in [1.82, 2.24) is 4.31 Å². The van der Waals surface area contributed by atoms with Gasteiger partial charge in [0.1, 0.15) is 0 Å². The van der Waals surface area contributed by atoms with E-state index in [1.165, 1.54) is 17.1 Å². The van der Waals surface area contributed by atoms with E-state index >= 15 is 0 Å². The number of benzene rings is 1. The topological polar surface area (TPSA) is 63.4 Å². The van der Waals surface area contributed by atoms with Gasteiger partial charge >= 0.3 is 0 Å². The standard InChI is InChI=1S/C15H24N2O2S/c1-12-7-8-15(9-14(12)10-16)20(18,19)17(2)11-13-5-3-4-6-13/h7-9,13H,3-6,10-11,16H2,1-2H3. The fourth-order valence-corrected chi connectivity index (χ4v) is 4.16. The zero-order chi connectivity index (χ0) is 14.8. The summed E-state index contributed by atoms with van der Waals surface area (Å²) in [5.41, 5.74) is 7.58. The summed E-state index contributed by atoms with van der Waals surface area (Å²) >= 11 is 0. The molecule has 112 valence electrons. The Balaban J connectivity index is 2.20. The fraction of sp³-hybridized carbons (Fsp3) is 0.600. The number of aryl methyl sites for hydroxylation is 1. The summed E-state index contributed by atoms with van der Waals surface area (Å²) in [6.45, 7) is 2.93. The van der Waals surface area contributed by atoms with Gasteiger partial charge in [-0.05, 0) is 48.9 Å². The molecule has 0 aliphatic heterocycles. The van der Waals surface area contributed by atoms with Crippen LogP contribution in [0.5, 0.6) is 0 Å². The largest absolute Gasteiger partial charge is 0.326 e. The maximum Gasteiger partial charge on any atom is 0.242 e. The monoisotopic (exact) mass is 296 g/mol. The molecule has 0 spiro atoms. The second kappa shape index (κ2) is 6.24. The van der Waals surface area contributed by atoms with Crippen molar-refractivity contribution in [2.75, 3.05) is 13.6 Å². The molecule has 0 radical (unpaired) electrons. The molecular formula is C15H24N2O2S. The minimum Gasteiger partial charge on any atom is -0.326 e. The van der Waals surface area contributed by atoms with E-state index in [1.807, 2.05) is 13.0 Å². The number of hydrogen-bond donors (Lipinski definition) is 1. The van der Waals surface area contributed by atoms with Crippen LogP contribution in [-0.2, 0) is 16.6 Å². The molecule has 2 N–H and O–H groups in total. The third-order valence-electron chi connectivity index (χ3n) is 4.24. The zero-order valence-corrected chi connectivity index (χ0v) is 13.1. The molecular weight excluding hydrogens is 272 g/mol. The van der Waals surface area contributed by atoms with Gasteiger partial charge in [0, 0.05) is 20.1 Å². The van der Waals surface area contributed by atoms with E-state index in [0.717, 1.165) is 24.0 Å². The number of hydrogen-bond acceptors (Lipinski definition) is 3. The quantitative estimate of drug-likeness (QED) is 0.906. The van der Waals surface area contributed by atoms with Crippen molar-refractivity contribution in [3.05, 3.63) is 29.3 Å². The number of nitrogens with zero attached hydrogens (tertiary/aromatic N) is 1. The first kappa shape index (κ1) is 15.5. The average Bonchev–Trinajstić information content (AvgIpc) is 2.91. The molecule has 1 aliphatic carbocycles. The predicted octanol–water partition coefficient (Wildman–Crippen LogP) is 2.26. The SMILES string of the molecule is Cc1ccc(S(=O)(=O)N(C)CC2CCCC2)cc1CN. The maximum absolute atomic E-state index is 12.6. The average molecular weight is 296 g/mol. The van der Waals surface area contributed by atoms with Crippen molar-refractivity contribution in [3.63, 3.8) is 0 Å². The molecule has 1 aliphatic rings. The summed E-state index contributed by atoms with van der Waals surface area (Å²) in [6.07, 6.45) is 4.73. The van der Waals surface area contributed by atoms with Gasteiger partial charge in [0.2, 0.25) is 10.0 Å². The Morgan fingerprint density at radius 2 is 1.95 bits per heavy atom. The first-order valence-corrected chi connectivity index (χ1v) is 8.65. The Bertz CT molecular complexity index is 563. The molecule has 5 heteroatoms.